The van der Waals surface area contributed by atoms with Gasteiger partial charge in [-0.05, 0) is 19.0 Å². The van der Waals surface area contributed by atoms with Crippen LogP contribution in [0.5, 0.6) is 0 Å². The molecule has 6 nitrogen and oxygen atoms in total. The standard InChI is InChI=1S/C18H22N4O2/c1-21-10-13(12-5-3-2-4-6-12)14-11-22(8-7-16(14)21)17(23)15-9-19-18(24)20-15/h2-6,9,13-14,16H,7-8,10-11H2,1H3,(H2,19,20,24)/t13-,14-,16-/m1/s1. The lowest BCUT2D eigenvalue weighted by Gasteiger charge is -2.38. The van der Waals surface area contributed by atoms with E-state index in [9.17, 15) is 9.59 Å². The van der Waals surface area contributed by atoms with Crippen molar-refractivity contribution < 1.29 is 4.79 Å². The first kappa shape index (κ1) is 15.2. The summed E-state index contributed by atoms with van der Waals surface area (Å²) in [4.78, 5) is 33.3. The number of aromatic amines is 2. The molecule has 126 valence electrons. The van der Waals surface area contributed by atoms with Crippen molar-refractivity contribution >= 4 is 5.91 Å². The van der Waals surface area contributed by atoms with Crippen LogP contribution >= 0.6 is 0 Å². The lowest BCUT2D eigenvalue weighted by molar-refractivity contribution is 0.0602. The maximum absolute atomic E-state index is 12.6. The lowest BCUT2D eigenvalue weighted by Crippen LogP contribution is -2.48. The van der Waals surface area contributed by atoms with E-state index in [0.29, 0.717) is 23.6 Å². The van der Waals surface area contributed by atoms with Gasteiger partial charge >= 0.3 is 5.69 Å². The number of H-pyrrole nitrogens is 2. The van der Waals surface area contributed by atoms with Crippen LogP contribution in [0.4, 0.5) is 0 Å². The molecule has 3 atom stereocenters. The van der Waals surface area contributed by atoms with E-state index in [4.69, 9.17) is 0 Å². The van der Waals surface area contributed by atoms with E-state index in [0.717, 1.165) is 26.1 Å². The second kappa shape index (κ2) is 5.94. The zero-order valence-corrected chi connectivity index (χ0v) is 13.7. The number of likely N-dealkylation sites (N-methyl/N-ethyl adjacent to an activating group) is 1. The summed E-state index contributed by atoms with van der Waals surface area (Å²) in [7, 11) is 2.18. The minimum Gasteiger partial charge on any atom is -0.337 e. The highest BCUT2D eigenvalue weighted by molar-refractivity contribution is 5.92. The molecule has 0 spiro atoms. The quantitative estimate of drug-likeness (QED) is 0.873. The van der Waals surface area contributed by atoms with Crippen molar-refractivity contribution in [1.29, 1.82) is 0 Å². The van der Waals surface area contributed by atoms with Crippen molar-refractivity contribution in [1.82, 2.24) is 19.8 Å². The van der Waals surface area contributed by atoms with Gasteiger partial charge in [0, 0.05) is 43.7 Å². The first-order valence-corrected chi connectivity index (χ1v) is 8.45. The number of rotatable bonds is 2. The van der Waals surface area contributed by atoms with Crippen LogP contribution in [0.2, 0.25) is 0 Å². The fourth-order valence-electron chi connectivity index (χ4n) is 4.35. The first-order valence-electron chi connectivity index (χ1n) is 8.45. The van der Waals surface area contributed by atoms with Gasteiger partial charge in [0.05, 0.1) is 0 Å². The number of imidazole rings is 1. The maximum atomic E-state index is 12.6. The smallest absolute Gasteiger partial charge is 0.323 e. The average molecular weight is 326 g/mol. The molecule has 2 aromatic rings. The van der Waals surface area contributed by atoms with Gasteiger partial charge in [0.15, 0.2) is 0 Å². The van der Waals surface area contributed by atoms with Crippen molar-refractivity contribution in [3.8, 4) is 0 Å². The predicted molar refractivity (Wildman–Crippen MR) is 91.0 cm³/mol. The Bertz CT molecular complexity index is 782. The highest BCUT2D eigenvalue weighted by atomic mass is 16.2. The van der Waals surface area contributed by atoms with Gasteiger partial charge < -0.3 is 19.8 Å². The second-order valence-electron chi connectivity index (χ2n) is 6.88. The summed E-state index contributed by atoms with van der Waals surface area (Å²) in [6, 6.07) is 11.1. The molecule has 0 aliphatic carbocycles. The topological polar surface area (TPSA) is 72.2 Å². The number of benzene rings is 1. The van der Waals surface area contributed by atoms with E-state index in [1.807, 2.05) is 11.0 Å². The Balaban J connectivity index is 1.57. The number of fused-ring (bicyclic) bond motifs is 1. The zero-order valence-electron chi connectivity index (χ0n) is 13.7. The second-order valence-corrected chi connectivity index (χ2v) is 6.88. The Morgan fingerprint density at radius 1 is 1.21 bits per heavy atom. The molecule has 0 unspecified atom stereocenters. The van der Waals surface area contributed by atoms with Crippen LogP contribution in [0.3, 0.4) is 0 Å². The highest BCUT2D eigenvalue weighted by Gasteiger charge is 2.44. The summed E-state index contributed by atoms with van der Waals surface area (Å²) in [5.74, 6) is 0.788. The molecule has 24 heavy (non-hydrogen) atoms. The van der Waals surface area contributed by atoms with E-state index in [2.05, 4.69) is 46.2 Å². The van der Waals surface area contributed by atoms with Crippen molar-refractivity contribution in [3.05, 3.63) is 58.3 Å². The highest BCUT2D eigenvalue weighted by Crippen LogP contribution is 2.40. The zero-order chi connectivity index (χ0) is 16.7. The SMILES string of the molecule is CN1C[C@H](c2ccccc2)[C@H]2CN(C(=O)c3c[nH]c(=O)[nH]3)CC[C@H]21. The molecule has 0 bridgehead atoms. The molecule has 0 saturated carbocycles. The Labute approximate surface area is 140 Å². The molecule has 3 heterocycles. The molecule has 2 aliphatic heterocycles. The number of carbonyl (C=O) groups excluding carboxylic acids is 1. The molecule has 2 N–H and O–H groups in total. The Morgan fingerprint density at radius 3 is 2.71 bits per heavy atom. The minimum absolute atomic E-state index is 0.0897. The van der Waals surface area contributed by atoms with Gasteiger partial charge in [-0.1, -0.05) is 30.3 Å². The van der Waals surface area contributed by atoms with Gasteiger partial charge in [0.1, 0.15) is 5.69 Å². The summed E-state index contributed by atoms with van der Waals surface area (Å²) < 4.78 is 0. The number of likely N-dealkylation sites (tertiary alicyclic amines) is 2. The summed E-state index contributed by atoms with van der Waals surface area (Å²) >= 11 is 0. The molecule has 4 rings (SSSR count). The van der Waals surface area contributed by atoms with Crippen molar-refractivity contribution in [3.63, 3.8) is 0 Å². The van der Waals surface area contributed by atoms with Crippen LogP contribution in [0, 0.1) is 5.92 Å². The van der Waals surface area contributed by atoms with E-state index < -0.39 is 0 Å². The van der Waals surface area contributed by atoms with Crippen LogP contribution < -0.4 is 5.69 Å². The fraction of sp³-hybridized carbons (Fsp3) is 0.444. The van der Waals surface area contributed by atoms with Gasteiger partial charge in [-0.3, -0.25) is 4.79 Å². The number of hydrogen-bond donors (Lipinski definition) is 2. The van der Waals surface area contributed by atoms with E-state index in [1.54, 1.807) is 0 Å². The van der Waals surface area contributed by atoms with Crippen molar-refractivity contribution in [2.75, 3.05) is 26.7 Å². The predicted octanol–water partition coefficient (Wildman–Crippen LogP) is 1.26. The van der Waals surface area contributed by atoms with Gasteiger partial charge in [0.2, 0.25) is 0 Å². The average Bonchev–Trinajstić information content (AvgIpc) is 3.19. The van der Waals surface area contributed by atoms with Crippen LogP contribution in [0.15, 0.2) is 41.3 Å². The van der Waals surface area contributed by atoms with Crippen LogP contribution in [0.25, 0.3) is 0 Å². The van der Waals surface area contributed by atoms with Crippen molar-refractivity contribution in [2.45, 2.75) is 18.4 Å². The third-order valence-corrected chi connectivity index (χ3v) is 5.53. The molecule has 6 heteroatoms. The Morgan fingerprint density at radius 2 is 2.00 bits per heavy atom. The van der Waals surface area contributed by atoms with Crippen LogP contribution in [-0.4, -0.2) is 58.4 Å². The molecule has 2 fully saturated rings. The number of amides is 1. The third-order valence-electron chi connectivity index (χ3n) is 5.53. The number of aromatic nitrogens is 2. The molecule has 1 aromatic heterocycles. The normalized spacial score (nSPS) is 27.2. The summed E-state index contributed by atoms with van der Waals surface area (Å²) in [5, 5.41) is 0. The number of nitrogens with one attached hydrogen (secondary N) is 2. The largest absolute Gasteiger partial charge is 0.337 e. The van der Waals surface area contributed by atoms with Crippen molar-refractivity contribution in [2.24, 2.45) is 5.92 Å². The number of piperidine rings is 1. The van der Waals surface area contributed by atoms with Gasteiger partial charge in [-0.25, -0.2) is 4.79 Å². The minimum atomic E-state index is -0.337. The van der Waals surface area contributed by atoms with Crippen LogP contribution in [0.1, 0.15) is 28.4 Å². The summed E-state index contributed by atoms with van der Waals surface area (Å²) in [6.45, 7) is 2.50. The molecule has 2 saturated heterocycles. The summed E-state index contributed by atoms with van der Waals surface area (Å²) in [5.41, 5.74) is 1.36. The number of hydrogen-bond acceptors (Lipinski definition) is 3. The monoisotopic (exact) mass is 326 g/mol. The molecule has 1 aromatic carbocycles. The van der Waals surface area contributed by atoms with E-state index in [1.165, 1.54) is 11.8 Å². The van der Waals surface area contributed by atoms with E-state index in [-0.39, 0.29) is 11.6 Å². The number of carbonyl (C=O) groups is 1. The maximum Gasteiger partial charge on any atom is 0.323 e. The Kier molecular flexibility index (Phi) is 3.76. The van der Waals surface area contributed by atoms with Gasteiger partial charge in [-0.15, -0.1) is 0 Å². The number of nitrogens with zero attached hydrogens (tertiary/aromatic N) is 2. The van der Waals surface area contributed by atoms with E-state index >= 15 is 0 Å². The molecule has 1 amide bonds. The van der Waals surface area contributed by atoms with Crippen LogP contribution in [-0.2, 0) is 0 Å². The summed E-state index contributed by atoms with van der Waals surface area (Å²) in [6.07, 6.45) is 2.44. The molecule has 0 radical (unpaired) electrons. The Hall–Kier alpha value is -2.34. The molecule has 2 aliphatic rings. The first-order chi connectivity index (χ1) is 11.6. The lowest BCUT2D eigenvalue weighted by atomic mass is 9.82. The molecular weight excluding hydrogens is 304 g/mol. The van der Waals surface area contributed by atoms with Gasteiger partial charge in [0.25, 0.3) is 5.91 Å². The van der Waals surface area contributed by atoms with Gasteiger partial charge in [-0.2, -0.15) is 0 Å². The fourth-order valence-corrected chi connectivity index (χ4v) is 4.35. The molecular formula is C18H22N4O2. The third kappa shape index (κ3) is 2.57.